The molecule has 1 unspecified atom stereocenters. The molecule has 1 aromatic carbocycles. The van der Waals surface area contributed by atoms with Crippen LogP contribution in [-0.2, 0) is 11.2 Å². The fourth-order valence-corrected chi connectivity index (χ4v) is 4.46. The van der Waals surface area contributed by atoms with Gasteiger partial charge < -0.3 is 21.1 Å². The first-order chi connectivity index (χ1) is 11.6. The van der Waals surface area contributed by atoms with E-state index in [1.54, 1.807) is 0 Å². The summed E-state index contributed by atoms with van der Waals surface area (Å²) >= 11 is 0. The highest BCUT2D eigenvalue weighted by molar-refractivity contribution is 5.86. The second-order valence-electron chi connectivity index (χ2n) is 7.64. The van der Waals surface area contributed by atoms with Crippen LogP contribution in [0.5, 0.6) is 0 Å². The molecule has 0 aliphatic heterocycles. The third kappa shape index (κ3) is 2.34. The van der Waals surface area contributed by atoms with Crippen molar-refractivity contribution in [2.75, 3.05) is 13.2 Å². The molecule has 5 heteroatoms. The van der Waals surface area contributed by atoms with Gasteiger partial charge in [-0.2, -0.15) is 0 Å². The maximum atomic E-state index is 12.4. The van der Waals surface area contributed by atoms with E-state index in [2.05, 4.69) is 10.3 Å². The van der Waals surface area contributed by atoms with Gasteiger partial charge in [0.15, 0.2) is 0 Å². The van der Waals surface area contributed by atoms with Crippen molar-refractivity contribution in [3.05, 3.63) is 36.0 Å². The quantitative estimate of drug-likeness (QED) is 0.651. The van der Waals surface area contributed by atoms with Gasteiger partial charge in [-0.15, -0.1) is 0 Å². The first-order valence-corrected chi connectivity index (χ1v) is 8.78. The first kappa shape index (κ1) is 15.7. The van der Waals surface area contributed by atoms with E-state index < -0.39 is 6.04 Å². The molecule has 0 saturated heterocycles. The molecule has 0 bridgehead atoms. The lowest BCUT2D eigenvalue weighted by Crippen LogP contribution is -2.45. The van der Waals surface area contributed by atoms with Crippen LogP contribution in [0.1, 0.15) is 31.2 Å². The van der Waals surface area contributed by atoms with Gasteiger partial charge in [0, 0.05) is 29.1 Å². The molecule has 2 aliphatic rings. The number of carbonyl (C=O) groups excluding carboxylic acids is 1. The summed E-state index contributed by atoms with van der Waals surface area (Å²) in [6, 6.07) is 7.45. The van der Waals surface area contributed by atoms with Crippen molar-refractivity contribution >= 4 is 16.8 Å². The van der Waals surface area contributed by atoms with Crippen molar-refractivity contribution in [2.45, 2.75) is 38.1 Å². The Morgan fingerprint density at radius 2 is 2.17 bits per heavy atom. The van der Waals surface area contributed by atoms with E-state index in [4.69, 9.17) is 5.73 Å². The Kier molecular flexibility index (Phi) is 3.66. The molecular weight excluding hydrogens is 302 g/mol. The Morgan fingerprint density at radius 1 is 1.38 bits per heavy atom. The molecular formula is C19H25N3O2. The average Bonchev–Trinajstić information content (AvgIpc) is 3.12. The Balaban J connectivity index is 1.36. The maximum absolute atomic E-state index is 12.4. The number of hydrogen-bond donors (Lipinski definition) is 4. The number of aliphatic hydroxyl groups excluding tert-OH is 1. The van der Waals surface area contributed by atoms with Gasteiger partial charge in [0.25, 0.3) is 0 Å². The Bertz CT molecular complexity index is 765. The highest BCUT2D eigenvalue weighted by Gasteiger charge is 2.68. The monoisotopic (exact) mass is 327 g/mol. The van der Waals surface area contributed by atoms with Gasteiger partial charge in [-0.25, -0.2) is 0 Å². The largest absolute Gasteiger partial charge is 0.396 e. The fourth-order valence-electron chi connectivity index (χ4n) is 4.46. The standard InChI is InChI=1S/C19H25N3O2/c20-15(8-13-9-21-16-5-2-1-4-14(13)16)17(24)22-11-19(12-23)10-18(19)6-3-7-18/h1-2,4-5,9,15,21,23H,3,6-8,10-12,20H2,(H,22,24)/t15-,19?/m0/s1. The van der Waals surface area contributed by atoms with Gasteiger partial charge in [0.05, 0.1) is 12.6 Å². The zero-order valence-electron chi connectivity index (χ0n) is 13.8. The Hall–Kier alpha value is -1.85. The van der Waals surface area contributed by atoms with Crippen LogP contribution in [0.15, 0.2) is 30.5 Å². The normalized spacial score (nSPS) is 25.4. The summed E-state index contributed by atoms with van der Waals surface area (Å²) in [6.45, 7) is 0.703. The second-order valence-corrected chi connectivity index (χ2v) is 7.64. The molecule has 4 rings (SSSR count). The number of nitrogens with two attached hydrogens (primary N) is 1. The molecule has 2 atom stereocenters. The van der Waals surface area contributed by atoms with Crippen molar-refractivity contribution < 1.29 is 9.90 Å². The van der Waals surface area contributed by atoms with Gasteiger partial charge >= 0.3 is 0 Å². The third-order valence-electron chi connectivity index (χ3n) is 6.34. The van der Waals surface area contributed by atoms with Gasteiger partial charge in [0.2, 0.25) is 5.91 Å². The average molecular weight is 327 g/mol. The van der Waals surface area contributed by atoms with Crippen LogP contribution in [0.25, 0.3) is 10.9 Å². The minimum atomic E-state index is -0.573. The zero-order valence-corrected chi connectivity index (χ0v) is 13.8. The summed E-state index contributed by atoms with van der Waals surface area (Å²) in [7, 11) is 0. The van der Waals surface area contributed by atoms with Gasteiger partial charge in [0.1, 0.15) is 0 Å². The van der Waals surface area contributed by atoms with E-state index in [1.165, 1.54) is 19.3 Å². The van der Waals surface area contributed by atoms with Crippen molar-refractivity contribution in [1.29, 1.82) is 0 Å². The number of aliphatic hydroxyl groups is 1. The Labute approximate surface area is 141 Å². The summed E-state index contributed by atoms with van der Waals surface area (Å²) in [6.07, 6.45) is 7.09. The van der Waals surface area contributed by atoms with Crippen LogP contribution in [0.4, 0.5) is 0 Å². The van der Waals surface area contributed by atoms with E-state index in [9.17, 15) is 9.90 Å². The van der Waals surface area contributed by atoms with Crippen molar-refractivity contribution in [3.63, 3.8) is 0 Å². The highest BCUT2D eigenvalue weighted by Crippen LogP contribution is 2.73. The molecule has 1 heterocycles. The van der Waals surface area contributed by atoms with Gasteiger partial charge in [-0.05, 0) is 42.7 Å². The van der Waals surface area contributed by atoms with Crippen molar-refractivity contribution in [2.24, 2.45) is 16.6 Å². The molecule has 2 aliphatic carbocycles. The zero-order chi connectivity index (χ0) is 16.8. The second kappa shape index (κ2) is 5.60. The number of aromatic nitrogens is 1. The smallest absolute Gasteiger partial charge is 0.237 e. The van der Waals surface area contributed by atoms with E-state index in [0.717, 1.165) is 22.9 Å². The molecule has 1 amide bonds. The molecule has 5 N–H and O–H groups in total. The summed E-state index contributed by atoms with van der Waals surface area (Å²) in [5.74, 6) is -0.130. The van der Waals surface area contributed by atoms with E-state index >= 15 is 0 Å². The summed E-state index contributed by atoms with van der Waals surface area (Å²) in [5, 5.41) is 13.8. The number of para-hydroxylation sites is 1. The number of carbonyl (C=O) groups is 1. The number of nitrogens with one attached hydrogen (secondary N) is 2. The third-order valence-corrected chi connectivity index (χ3v) is 6.34. The van der Waals surface area contributed by atoms with E-state index in [0.29, 0.717) is 18.4 Å². The molecule has 2 fully saturated rings. The minimum Gasteiger partial charge on any atom is -0.396 e. The van der Waals surface area contributed by atoms with Crippen LogP contribution in [0.2, 0.25) is 0 Å². The number of rotatable bonds is 6. The van der Waals surface area contributed by atoms with Crippen LogP contribution in [0, 0.1) is 10.8 Å². The Morgan fingerprint density at radius 3 is 2.83 bits per heavy atom. The molecule has 1 aromatic heterocycles. The maximum Gasteiger partial charge on any atom is 0.237 e. The summed E-state index contributed by atoms with van der Waals surface area (Å²) in [5.41, 5.74) is 8.44. The topological polar surface area (TPSA) is 91.1 Å². The molecule has 5 nitrogen and oxygen atoms in total. The number of fused-ring (bicyclic) bond motifs is 1. The SMILES string of the molecule is N[C@@H](Cc1c[nH]c2ccccc12)C(=O)NCC1(CO)CC12CCC2. The molecule has 128 valence electrons. The van der Waals surface area contributed by atoms with Crippen LogP contribution < -0.4 is 11.1 Å². The van der Waals surface area contributed by atoms with Crippen LogP contribution >= 0.6 is 0 Å². The van der Waals surface area contributed by atoms with Crippen LogP contribution in [-0.4, -0.2) is 35.2 Å². The molecule has 24 heavy (non-hydrogen) atoms. The van der Waals surface area contributed by atoms with Gasteiger partial charge in [-0.3, -0.25) is 4.79 Å². The minimum absolute atomic E-state index is 0.0958. The van der Waals surface area contributed by atoms with Crippen molar-refractivity contribution in [1.82, 2.24) is 10.3 Å². The summed E-state index contributed by atoms with van der Waals surface area (Å²) < 4.78 is 0. The molecule has 2 saturated carbocycles. The molecule has 1 spiro atoms. The number of hydrogen-bond acceptors (Lipinski definition) is 3. The highest BCUT2D eigenvalue weighted by atomic mass is 16.3. The lowest BCUT2D eigenvalue weighted by molar-refractivity contribution is -0.122. The number of H-pyrrole nitrogens is 1. The number of amides is 1. The molecule has 0 radical (unpaired) electrons. The van der Waals surface area contributed by atoms with Crippen LogP contribution in [0.3, 0.4) is 0 Å². The first-order valence-electron chi connectivity index (χ1n) is 8.78. The summed E-state index contributed by atoms with van der Waals surface area (Å²) in [4.78, 5) is 15.6. The predicted octanol–water partition coefficient (Wildman–Crippen LogP) is 1.71. The lowest BCUT2D eigenvalue weighted by Gasteiger charge is -2.32. The lowest BCUT2D eigenvalue weighted by atomic mass is 9.75. The van der Waals surface area contributed by atoms with E-state index in [-0.39, 0.29) is 17.9 Å². The predicted molar refractivity (Wildman–Crippen MR) is 93.4 cm³/mol. The molecule has 2 aromatic rings. The fraction of sp³-hybridized carbons (Fsp3) is 0.526. The number of aromatic amines is 1. The van der Waals surface area contributed by atoms with E-state index in [1.807, 2.05) is 30.5 Å². The van der Waals surface area contributed by atoms with Gasteiger partial charge in [-0.1, -0.05) is 24.6 Å². The van der Waals surface area contributed by atoms with Crippen molar-refractivity contribution in [3.8, 4) is 0 Å². The number of benzene rings is 1.